The highest BCUT2D eigenvalue weighted by Gasteiger charge is 2.32. The minimum Gasteiger partial charge on any atom is -0.357 e. The van der Waals surface area contributed by atoms with Crippen molar-refractivity contribution in [2.24, 2.45) is 0 Å². The molecule has 1 atom stereocenters. The maximum absolute atomic E-state index is 12.6. The predicted octanol–water partition coefficient (Wildman–Crippen LogP) is 2.48. The van der Waals surface area contributed by atoms with Gasteiger partial charge in [0, 0.05) is 23.0 Å². The molecule has 0 aliphatic carbocycles. The van der Waals surface area contributed by atoms with Crippen LogP contribution in [0.5, 0.6) is 0 Å². The van der Waals surface area contributed by atoms with Gasteiger partial charge in [0.25, 0.3) is 5.91 Å². The normalized spacial score (nSPS) is 18.8. The maximum Gasteiger partial charge on any atom is 0.255 e. The summed E-state index contributed by atoms with van der Waals surface area (Å²) in [5.74, 6) is -0.230. The summed E-state index contributed by atoms with van der Waals surface area (Å²) in [4.78, 5) is 26.8. The number of likely N-dealkylation sites (tertiary alicyclic amines) is 1. The topological polar surface area (TPSA) is 49.4 Å². The molecule has 6 heteroatoms. The zero-order chi connectivity index (χ0) is 14.7. The number of thiol groups is 1. The number of benzene rings is 1. The quantitative estimate of drug-likeness (QED) is 0.799. The van der Waals surface area contributed by atoms with Gasteiger partial charge in [-0.3, -0.25) is 9.59 Å². The maximum atomic E-state index is 12.6. The Balaban J connectivity index is 2.27. The second-order valence-electron chi connectivity index (χ2n) is 4.79. The summed E-state index contributed by atoms with van der Waals surface area (Å²) in [6.07, 6.45) is 2.61. The van der Waals surface area contributed by atoms with Crippen molar-refractivity contribution in [1.29, 1.82) is 0 Å². The highest BCUT2D eigenvalue weighted by Crippen LogP contribution is 2.25. The van der Waals surface area contributed by atoms with Crippen LogP contribution in [-0.2, 0) is 4.79 Å². The lowest BCUT2D eigenvalue weighted by Gasteiger charge is -2.34. The number of nitrogens with one attached hydrogen (secondary N) is 1. The predicted molar refractivity (Wildman–Crippen MR) is 84.1 cm³/mol. The average Bonchev–Trinajstić information content (AvgIpc) is 2.46. The molecular weight excluding hydrogens is 340 g/mol. The average molecular weight is 357 g/mol. The van der Waals surface area contributed by atoms with Crippen LogP contribution in [0, 0.1) is 0 Å². The van der Waals surface area contributed by atoms with Crippen LogP contribution < -0.4 is 5.32 Å². The molecule has 0 bridgehead atoms. The summed E-state index contributed by atoms with van der Waals surface area (Å²) in [7, 11) is 1.60. The Kier molecular flexibility index (Phi) is 5.10. The number of carbonyl (C=O) groups is 2. The van der Waals surface area contributed by atoms with Gasteiger partial charge in [-0.2, -0.15) is 0 Å². The van der Waals surface area contributed by atoms with Gasteiger partial charge in [-0.05, 0) is 37.5 Å². The molecular formula is C14H17BrN2O2S. The summed E-state index contributed by atoms with van der Waals surface area (Å²) in [6, 6.07) is 4.96. The number of hydrogen-bond donors (Lipinski definition) is 2. The molecule has 1 N–H and O–H groups in total. The number of carbonyl (C=O) groups excluding carboxylic acids is 2. The third kappa shape index (κ3) is 3.17. The van der Waals surface area contributed by atoms with E-state index in [2.05, 4.69) is 33.9 Å². The smallest absolute Gasteiger partial charge is 0.255 e. The van der Waals surface area contributed by atoms with Crippen LogP contribution in [0.1, 0.15) is 29.6 Å². The minimum atomic E-state index is -0.377. The van der Waals surface area contributed by atoms with Crippen LogP contribution in [0.4, 0.5) is 0 Å². The molecule has 0 aromatic heterocycles. The lowest BCUT2D eigenvalue weighted by Crippen LogP contribution is -2.51. The Morgan fingerprint density at radius 3 is 2.80 bits per heavy atom. The first-order valence-corrected chi connectivity index (χ1v) is 7.79. The fourth-order valence-corrected chi connectivity index (χ4v) is 3.30. The summed E-state index contributed by atoms with van der Waals surface area (Å²) in [5, 5.41) is 2.64. The van der Waals surface area contributed by atoms with Gasteiger partial charge < -0.3 is 10.2 Å². The SMILES string of the molecule is CNC(=O)C1CCCCN1C(=O)c1ccc(Br)cc1S. The van der Waals surface area contributed by atoms with E-state index in [0.717, 1.165) is 17.3 Å². The summed E-state index contributed by atoms with van der Waals surface area (Å²) < 4.78 is 0.876. The van der Waals surface area contributed by atoms with E-state index in [1.165, 1.54) is 0 Å². The Morgan fingerprint density at radius 1 is 1.40 bits per heavy atom. The molecule has 2 amide bonds. The van der Waals surface area contributed by atoms with Gasteiger partial charge in [0.2, 0.25) is 5.91 Å². The summed E-state index contributed by atoms with van der Waals surface area (Å²) >= 11 is 7.70. The van der Waals surface area contributed by atoms with Crippen LogP contribution in [0.15, 0.2) is 27.6 Å². The number of halogens is 1. The first kappa shape index (κ1) is 15.4. The van der Waals surface area contributed by atoms with Crippen LogP contribution in [0.3, 0.4) is 0 Å². The Hall–Kier alpha value is -1.01. The molecule has 1 aromatic rings. The number of amides is 2. The molecule has 0 spiro atoms. The van der Waals surface area contributed by atoms with Crippen molar-refractivity contribution in [3.05, 3.63) is 28.2 Å². The van der Waals surface area contributed by atoms with E-state index in [-0.39, 0.29) is 17.9 Å². The number of likely N-dealkylation sites (N-methyl/N-ethyl adjacent to an activating group) is 1. The third-order valence-electron chi connectivity index (χ3n) is 3.50. The number of rotatable bonds is 2. The number of nitrogens with zero attached hydrogens (tertiary/aromatic N) is 1. The van der Waals surface area contributed by atoms with Crippen LogP contribution in [0.25, 0.3) is 0 Å². The zero-order valence-corrected chi connectivity index (χ0v) is 13.7. The van der Waals surface area contributed by atoms with Gasteiger partial charge in [-0.25, -0.2) is 0 Å². The second-order valence-corrected chi connectivity index (χ2v) is 6.18. The molecule has 20 heavy (non-hydrogen) atoms. The minimum absolute atomic E-state index is 0.101. The van der Waals surface area contributed by atoms with Crippen molar-refractivity contribution < 1.29 is 9.59 Å². The first-order valence-electron chi connectivity index (χ1n) is 6.55. The largest absolute Gasteiger partial charge is 0.357 e. The molecule has 1 heterocycles. The van der Waals surface area contributed by atoms with Gasteiger partial charge in [0.15, 0.2) is 0 Å². The number of piperidine rings is 1. The van der Waals surface area contributed by atoms with E-state index in [1.54, 1.807) is 24.1 Å². The van der Waals surface area contributed by atoms with E-state index in [0.29, 0.717) is 23.4 Å². The van der Waals surface area contributed by atoms with Gasteiger partial charge in [0.1, 0.15) is 6.04 Å². The Morgan fingerprint density at radius 2 is 2.15 bits per heavy atom. The van der Waals surface area contributed by atoms with E-state index in [1.807, 2.05) is 6.07 Å². The Labute approximate surface area is 132 Å². The lowest BCUT2D eigenvalue weighted by atomic mass is 10.00. The van der Waals surface area contributed by atoms with Crippen molar-refractivity contribution >= 4 is 40.4 Å². The molecule has 1 saturated heterocycles. The van der Waals surface area contributed by atoms with Gasteiger partial charge in [-0.1, -0.05) is 15.9 Å². The van der Waals surface area contributed by atoms with Crippen molar-refractivity contribution in [2.75, 3.05) is 13.6 Å². The third-order valence-corrected chi connectivity index (χ3v) is 4.37. The molecule has 4 nitrogen and oxygen atoms in total. The van der Waals surface area contributed by atoms with Gasteiger partial charge >= 0.3 is 0 Å². The van der Waals surface area contributed by atoms with Crippen molar-refractivity contribution in [2.45, 2.75) is 30.2 Å². The first-order chi connectivity index (χ1) is 9.54. The molecule has 1 aliphatic rings. The van der Waals surface area contributed by atoms with Crippen LogP contribution in [-0.4, -0.2) is 36.3 Å². The molecule has 1 aliphatic heterocycles. The van der Waals surface area contributed by atoms with Crippen LogP contribution >= 0.6 is 28.6 Å². The molecule has 2 rings (SSSR count). The molecule has 108 valence electrons. The van der Waals surface area contributed by atoms with E-state index < -0.39 is 0 Å². The zero-order valence-electron chi connectivity index (χ0n) is 11.2. The van der Waals surface area contributed by atoms with Gasteiger partial charge in [0.05, 0.1) is 5.56 Å². The van der Waals surface area contributed by atoms with Crippen molar-refractivity contribution in [1.82, 2.24) is 10.2 Å². The van der Waals surface area contributed by atoms with E-state index in [4.69, 9.17) is 0 Å². The fraction of sp³-hybridized carbons (Fsp3) is 0.429. The number of hydrogen-bond acceptors (Lipinski definition) is 3. The van der Waals surface area contributed by atoms with Crippen molar-refractivity contribution in [3.8, 4) is 0 Å². The standard InChI is InChI=1S/C14H17BrN2O2S/c1-16-13(18)11-4-2-3-7-17(11)14(19)10-6-5-9(15)8-12(10)20/h5-6,8,11,20H,2-4,7H2,1H3,(H,16,18). The monoisotopic (exact) mass is 356 g/mol. The van der Waals surface area contributed by atoms with E-state index >= 15 is 0 Å². The van der Waals surface area contributed by atoms with Gasteiger partial charge in [-0.15, -0.1) is 12.6 Å². The van der Waals surface area contributed by atoms with Crippen LogP contribution in [0.2, 0.25) is 0 Å². The molecule has 1 aromatic carbocycles. The fourth-order valence-electron chi connectivity index (χ4n) is 2.45. The molecule has 0 radical (unpaired) electrons. The lowest BCUT2D eigenvalue weighted by molar-refractivity contribution is -0.126. The highest BCUT2D eigenvalue weighted by atomic mass is 79.9. The van der Waals surface area contributed by atoms with Crippen molar-refractivity contribution in [3.63, 3.8) is 0 Å². The highest BCUT2D eigenvalue weighted by molar-refractivity contribution is 9.10. The molecule has 1 fully saturated rings. The summed E-state index contributed by atoms with van der Waals surface area (Å²) in [5.41, 5.74) is 0.535. The summed E-state index contributed by atoms with van der Waals surface area (Å²) in [6.45, 7) is 0.611. The molecule has 1 unspecified atom stereocenters. The Bertz CT molecular complexity index is 536. The molecule has 0 saturated carbocycles. The van der Waals surface area contributed by atoms with E-state index in [9.17, 15) is 9.59 Å². The second kappa shape index (κ2) is 6.63.